The van der Waals surface area contributed by atoms with Crippen LogP contribution in [-0.2, 0) is 17.3 Å². The van der Waals surface area contributed by atoms with E-state index in [-0.39, 0.29) is 17.5 Å². The Labute approximate surface area is 183 Å². The zero-order chi connectivity index (χ0) is 21.3. The summed E-state index contributed by atoms with van der Waals surface area (Å²) in [5.74, 6) is -0.278. The van der Waals surface area contributed by atoms with E-state index in [0.29, 0.717) is 30.4 Å². The van der Waals surface area contributed by atoms with E-state index in [2.05, 4.69) is 38.1 Å². The van der Waals surface area contributed by atoms with Gasteiger partial charge < -0.3 is 5.73 Å². The first-order valence-electron chi connectivity index (χ1n) is 10.0. The number of rotatable bonds is 5. The van der Waals surface area contributed by atoms with Gasteiger partial charge in [-0.2, -0.15) is 0 Å². The fraction of sp³-hybridized carbons (Fsp3) is 0.304. The number of carbonyl (C=O) groups is 1. The molecule has 0 bridgehead atoms. The van der Waals surface area contributed by atoms with Crippen LogP contribution < -0.4 is 11.3 Å². The van der Waals surface area contributed by atoms with E-state index >= 15 is 0 Å². The summed E-state index contributed by atoms with van der Waals surface area (Å²) in [7, 11) is 1.85. The number of benzene rings is 2. The molecule has 156 valence electrons. The van der Waals surface area contributed by atoms with E-state index in [1.165, 1.54) is 0 Å². The highest BCUT2D eigenvalue weighted by Crippen LogP contribution is 2.40. The molecule has 1 saturated heterocycles. The van der Waals surface area contributed by atoms with E-state index < -0.39 is 5.41 Å². The number of likely N-dealkylation sites (tertiary alicyclic amines) is 1. The van der Waals surface area contributed by atoms with Crippen LogP contribution in [0, 0.1) is 0 Å². The Balaban J connectivity index is 1.71. The van der Waals surface area contributed by atoms with Crippen LogP contribution in [0.5, 0.6) is 0 Å². The normalized spacial score (nSPS) is 17.5. The van der Waals surface area contributed by atoms with Gasteiger partial charge in [0.1, 0.15) is 4.47 Å². The van der Waals surface area contributed by atoms with Crippen molar-refractivity contribution in [3.05, 3.63) is 92.3 Å². The number of nitrogens with zero attached hydrogens (tertiary/aromatic N) is 2. The highest BCUT2D eigenvalue weighted by atomic mass is 79.9. The molecule has 0 aliphatic carbocycles. The summed E-state index contributed by atoms with van der Waals surface area (Å²) in [5, 5.41) is 2.84. The monoisotopic (exact) mass is 468 g/mol. The van der Waals surface area contributed by atoms with E-state index in [0.717, 1.165) is 16.8 Å². The van der Waals surface area contributed by atoms with Crippen molar-refractivity contribution >= 4 is 21.8 Å². The van der Waals surface area contributed by atoms with Crippen molar-refractivity contribution < 1.29 is 4.79 Å². The highest BCUT2D eigenvalue weighted by molar-refractivity contribution is 9.10. The number of aryl methyl sites for hydroxylation is 1. The predicted octanol–water partition coefficient (Wildman–Crippen LogP) is 3.08. The average molecular weight is 469 g/mol. The van der Waals surface area contributed by atoms with E-state index in [9.17, 15) is 9.59 Å². The summed E-state index contributed by atoms with van der Waals surface area (Å²) in [6.07, 6.45) is 1.26. The second kappa shape index (κ2) is 8.24. The predicted molar refractivity (Wildman–Crippen MR) is 120 cm³/mol. The van der Waals surface area contributed by atoms with Gasteiger partial charge in [0.05, 0.1) is 17.2 Å². The lowest BCUT2D eigenvalue weighted by Gasteiger charge is -2.43. The number of hydrogen-bond acceptors (Lipinski definition) is 3. The Morgan fingerprint density at radius 3 is 2.13 bits per heavy atom. The molecule has 1 atom stereocenters. The molecule has 0 radical (unpaired) electrons. The van der Waals surface area contributed by atoms with Gasteiger partial charge in [-0.1, -0.05) is 60.7 Å². The van der Waals surface area contributed by atoms with Gasteiger partial charge in [-0.3, -0.25) is 24.3 Å². The van der Waals surface area contributed by atoms with Crippen molar-refractivity contribution in [2.75, 3.05) is 13.1 Å². The molecule has 1 aromatic heterocycles. The Morgan fingerprint density at radius 1 is 1.07 bits per heavy atom. The highest BCUT2D eigenvalue weighted by Gasteiger charge is 2.43. The number of primary amides is 1. The summed E-state index contributed by atoms with van der Waals surface area (Å²) in [6, 6.07) is 19.8. The number of nitrogens with two attached hydrogens (primary N) is 1. The molecule has 2 aromatic carbocycles. The molecule has 2 heterocycles. The number of carbonyl (C=O) groups excluding carboxylic acids is 1. The van der Waals surface area contributed by atoms with Crippen LogP contribution in [0.25, 0.3) is 0 Å². The lowest BCUT2D eigenvalue weighted by Crippen LogP contribution is -2.51. The van der Waals surface area contributed by atoms with Crippen LogP contribution in [0.15, 0.2) is 69.9 Å². The van der Waals surface area contributed by atoms with Crippen LogP contribution in [0.4, 0.5) is 0 Å². The number of piperidine rings is 1. The van der Waals surface area contributed by atoms with E-state index in [4.69, 9.17) is 5.73 Å². The quantitative estimate of drug-likeness (QED) is 0.603. The summed E-state index contributed by atoms with van der Waals surface area (Å²) in [4.78, 5) is 27.1. The van der Waals surface area contributed by atoms with Crippen molar-refractivity contribution in [3.63, 3.8) is 0 Å². The molecule has 4 rings (SSSR count). The third-order valence-electron chi connectivity index (χ3n) is 6.24. The molecule has 3 aromatic rings. The van der Waals surface area contributed by atoms with Gasteiger partial charge >= 0.3 is 0 Å². The maximum atomic E-state index is 12.6. The van der Waals surface area contributed by atoms with Gasteiger partial charge in [-0.05, 0) is 39.9 Å². The molecule has 7 heteroatoms. The lowest BCUT2D eigenvalue weighted by molar-refractivity contribution is -0.125. The van der Waals surface area contributed by atoms with E-state index in [1.54, 1.807) is 4.68 Å². The minimum Gasteiger partial charge on any atom is -0.369 e. The SMILES string of the molecule is Cn1[nH]c(=O)c(Br)c1C(c1ccccc1)N1CCC(C(N)=O)(c2ccccc2)CC1. The minimum atomic E-state index is -0.666. The molecule has 3 N–H and O–H groups in total. The van der Waals surface area contributed by atoms with Crippen molar-refractivity contribution in [2.24, 2.45) is 12.8 Å². The standard InChI is InChI=1S/C23H25BrN4O2/c1-27-20(18(24)21(29)26-27)19(16-8-4-2-5-9-16)28-14-12-23(13-15-28,22(25)30)17-10-6-3-7-11-17/h2-11,19H,12-15H2,1H3,(H2,25,30)(H,26,29). The topological polar surface area (TPSA) is 84.1 Å². The number of hydrogen-bond donors (Lipinski definition) is 2. The summed E-state index contributed by atoms with van der Waals surface area (Å²) < 4.78 is 2.31. The number of nitrogens with one attached hydrogen (secondary N) is 1. The van der Waals surface area contributed by atoms with Crippen LogP contribution in [-0.4, -0.2) is 33.7 Å². The Kier molecular flexibility index (Phi) is 5.66. The van der Waals surface area contributed by atoms with Crippen LogP contribution in [0.2, 0.25) is 0 Å². The second-order valence-corrected chi connectivity index (χ2v) is 8.65. The molecule has 1 fully saturated rings. The zero-order valence-electron chi connectivity index (χ0n) is 16.8. The first-order valence-corrected chi connectivity index (χ1v) is 10.8. The van der Waals surface area contributed by atoms with Gasteiger partial charge in [-0.25, -0.2) is 0 Å². The first-order chi connectivity index (χ1) is 14.4. The smallest absolute Gasteiger partial charge is 0.278 e. The Hall–Kier alpha value is -2.64. The number of H-pyrrole nitrogens is 1. The molecule has 1 aliphatic rings. The summed E-state index contributed by atoms with van der Waals surface area (Å²) in [5.41, 5.74) is 8.04. The largest absolute Gasteiger partial charge is 0.369 e. The maximum absolute atomic E-state index is 12.6. The number of aromatic nitrogens is 2. The van der Waals surface area contributed by atoms with Crippen molar-refractivity contribution in [2.45, 2.75) is 24.3 Å². The molecular formula is C23H25BrN4O2. The number of halogens is 1. The molecule has 1 unspecified atom stereocenters. The lowest BCUT2D eigenvalue weighted by atomic mass is 9.72. The fourth-order valence-electron chi connectivity index (χ4n) is 4.60. The maximum Gasteiger partial charge on any atom is 0.278 e. The number of aromatic amines is 1. The van der Waals surface area contributed by atoms with Gasteiger partial charge in [0, 0.05) is 20.1 Å². The van der Waals surface area contributed by atoms with Crippen LogP contribution in [0.1, 0.15) is 35.7 Å². The Bertz CT molecular complexity index is 1080. The third kappa shape index (κ3) is 3.52. The molecule has 1 amide bonds. The first kappa shape index (κ1) is 20.6. The average Bonchev–Trinajstić information content (AvgIpc) is 3.02. The molecule has 30 heavy (non-hydrogen) atoms. The van der Waals surface area contributed by atoms with Crippen LogP contribution >= 0.6 is 15.9 Å². The zero-order valence-corrected chi connectivity index (χ0v) is 18.4. The number of amides is 1. The fourth-order valence-corrected chi connectivity index (χ4v) is 5.18. The van der Waals surface area contributed by atoms with E-state index in [1.807, 2.05) is 55.6 Å². The molecule has 0 spiro atoms. The molecule has 0 saturated carbocycles. The van der Waals surface area contributed by atoms with Crippen molar-refractivity contribution in [1.29, 1.82) is 0 Å². The third-order valence-corrected chi connectivity index (χ3v) is 7.01. The van der Waals surface area contributed by atoms with Crippen molar-refractivity contribution in [3.8, 4) is 0 Å². The molecule has 6 nitrogen and oxygen atoms in total. The Morgan fingerprint density at radius 2 is 1.63 bits per heavy atom. The van der Waals surface area contributed by atoms with Gasteiger partial charge in [0.15, 0.2) is 0 Å². The minimum absolute atomic E-state index is 0.119. The molecule has 1 aliphatic heterocycles. The van der Waals surface area contributed by atoms with Gasteiger partial charge in [0.25, 0.3) is 5.56 Å². The summed E-state index contributed by atoms with van der Waals surface area (Å²) in [6.45, 7) is 1.37. The second-order valence-electron chi connectivity index (χ2n) is 7.86. The molecular weight excluding hydrogens is 444 g/mol. The van der Waals surface area contributed by atoms with Crippen LogP contribution in [0.3, 0.4) is 0 Å². The van der Waals surface area contributed by atoms with Crippen molar-refractivity contribution in [1.82, 2.24) is 14.7 Å². The van der Waals surface area contributed by atoms with Gasteiger partial charge in [0.2, 0.25) is 5.91 Å². The van der Waals surface area contributed by atoms with Gasteiger partial charge in [-0.15, -0.1) is 0 Å². The summed E-state index contributed by atoms with van der Waals surface area (Å²) >= 11 is 3.48.